The number of aromatic nitrogens is 3. The molecule has 0 radical (unpaired) electrons. The van der Waals surface area contributed by atoms with Crippen molar-refractivity contribution in [3.05, 3.63) is 40.2 Å². The molecule has 1 aromatic carbocycles. The van der Waals surface area contributed by atoms with Gasteiger partial charge in [-0.05, 0) is 72.7 Å². The molecule has 1 saturated heterocycles. The Bertz CT molecular complexity index is 1200. The van der Waals surface area contributed by atoms with Crippen molar-refractivity contribution in [3.63, 3.8) is 0 Å². The van der Waals surface area contributed by atoms with Crippen LogP contribution in [0.1, 0.15) is 43.7 Å². The fourth-order valence-electron chi connectivity index (χ4n) is 4.98. The number of ether oxygens (including phenoxy) is 1. The first kappa shape index (κ1) is 27.3. The summed E-state index contributed by atoms with van der Waals surface area (Å²) in [4.78, 5) is 9.90. The fraction of sp³-hybridized carbons (Fsp3) is 0.519. The molecule has 3 atom stereocenters. The van der Waals surface area contributed by atoms with E-state index in [1.54, 1.807) is 19.2 Å². The molecule has 4 rings (SSSR count). The number of nitrogens with one attached hydrogen (secondary N) is 3. The fourth-order valence-corrected chi connectivity index (χ4v) is 5.18. The molecule has 3 aromatic rings. The maximum absolute atomic E-state index is 10.0. The molecule has 0 aliphatic carbocycles. The number of anilines is 1. The van der Waals surface area contributed by atoms with Gasteiger partial charge in [0.2, 0.25) is 0 Å². The molecule has 9 nitrogen and oxygen atoms in total. The lowest BCUT2D eigenvalue weighted by molar-refractivity contribution is 0.108. The van der Waals surface area contributed by atoms with Gasteiger partial charge in [0.15, 0.2) is 5.82 Å². The predicted octanol–water partition coefficient (Wildman–Crippen LogP) is 4.28. The Hall–Kier alpha value is -2.72. The predicted molar refractivity (Wildman–Crippen MR) is 146 cm³/mol. The number of hydrogen-bond donors (Lipinski definition) is 4. The lowest BCUT2D eigenvalue weighted by atomic mass is 9.95. The molecule has 200 valence electrons. The molecule has 2 aromatic heterocycles. The van der Waals surface area contributed by atoms with Crippen molar-refractivity contribution in [1.82, 2.24) is 25.8 Å². The standard InChI is InChI=1S/C27H37ClN6O3/c1-14-9-19(10-15(2)30-14)31-26-16(3)25(24-17(4)34-37-18(24)5)32-27(33-26)22-11-21(7-8-23(22)28)36-13-20(35)12-29-6/h7-8,11,14-15,19-20,29-30,35H,9-10,12-13H2,1-6H3,(H,31,32,33). The minimum Gasteiger partial charge on any atom is -0.491 e. The molecular weight excluding hydrogens is 492 g/mol. The highest BCUT2D eigenvalue weighted by atomic mass is 35.5. The molecule has 1 fully saturated rings. The lowest BCUT2D eigenvalue weighted by Crippen LogP contribution is -2.46. The van der Waals surface area contributed by atoms with Gasteiger partial charge < -0.3 is 30.3 Å². The number of benzene rings is 1. The van der Waals surface area contributed by atoms with Gasteiger partial charge in [-0.1, -0.05) is 16.8 Å². The average molecular weight is 529 g/mol. The van der Waals surface area contributed by atoms with E-state index in [2.05, 4.69) is 35.0 Å². The number of rotatable bonds is 9. The van der Waals surface area contributed by atoms with Crippen LogP contribution >= 0.6 is 11.6 Å². The Morgan fingerprint density at radius 1 is 1.19 bits per heavy atom. The van der Waals surface area contributed by atoms with Crippen molar-refractivity contribution < 1.29 is 14.4 Å². The van der Waals surface area contributed by atoms with Gasteiger partial charge >= 0.3 is 0 Å². The zero-order valence-electron chi connectivity index (χ0n) is 22.4. The van der Waals surface area contributed by atoms with Gasteiger partial charge in [0.05, 0.1) is 22.0 Å². The SMILES string of the molecule is CNCC(O)COc1ccc(Cl)c(-c2nc(NC3CC(C)NC(C)C3)c(C)c(-c3c(C)noc3C)n2)c1. The first-order valence-electron chi connectivity index (χ1n) is 12.8. The second-order valence-corrected chi connectivity index (χ2v) is 10.4. The molecule has 10 heteroatoms. The molecule has 0 bridgehead atoms. The number of likely N-dealkylation sites (N-methyl/N-ethyl adjacent to an activating group) is 1. The summed E-state index contributed by atoms with van der Waals surface area (Å²) in [5.41, 5.74) is 3.95. The van der Waals surface area contributed by atoms with E-state index >= 15 is 0 Å². The number of aliphatic hydroxyl groups is 1. The van der Waals surface area contributed by atoms with Crippen LogP contribution in [-0.2, 0) is 0 Å². The van der Waals surface area contributed by atoms with E-state index in [1.165, 1.54) is 0 Å². The van der Waals surface area contributed by atoms with Gasteiger partial charge in [0, 0.05) is 35.8 Å². The Morgan fingerprint density at radius 2 is 1.92 bits per heavy atom. The Morgan fingerprint density at radius 3 is 2.57 bits per heavy atom. The van der Waals surface area contributed by atoms with Gasteiger partial charge in [0.1, 0.15) is 30.0 Å². The summed E-state index contributed by atoms with van der Waals surface area (Å²) in [5.74, 6) is 2.51. The van der Waals surface area contributed by atoms with E-state index in [9.17, 15) is 5.11 Å². The first-order valence-corrected chi connectivity index (χ1v) is 13.1. The molecule has 0 saturated carbocycles. The van der Waals surface area contributed by atoms with E-state index < -0.39 is 6.10 Å². The van der Waals surface area contributed by atoms with Crippen molar-refractivity contribution in [3.8, 4) is 28.4 Å². The van der Waals surface area contributed by atoms with E-state index in [4.69, 9.17) is 30.8 Å². The lowest BCUT2D eigenvalue weighted by Gasteiger charge is -2.34. The molecule has 3 unspecified atom stereocenters. The highest BCUT2D eigenvalue weighted by Gasteiger charge is 2.26. The third kappa shape index (κ3) is 6.41. The summed E-state index contributed by atoms with van der Waals surface area (Å²) in [6, 6.07) is 6.44. The van der Waals surface area contributed by atoms with Crippen LogP contribution in [0.3, 0.4) is 0 Å². The maximum Gasteiger partial charge on any atom is 0.163 e. The van der Waals surface area contributed by atoms with Crippen LogP contribution in [0.2, 0.25) is 5.02 Å². The molecule has 37 heavy (non-hydrogen) atoms. The van der Waals surface area contributed by atoms with Crippen molar-refractivity contribution in [2.45, 2.75) is 71.7 Å². The van der Waals surface area contributed by atoms with Crippen molar-refractivity contribution >= 4 is 17.4 Å². The quantitative estimate of drug-likeness (QED) is 0.323. The average Bonchev–Trinajstić information content (AvgIpc) is 3.17. The van der Waals surface area contributed by atoms with Crippen LogP contribution in [0.15, 0.2) is 22.7 Å². The minimum atomic E-state index is -0.628. The van der Waals surface area contributed by atoms with Crippen LogP contribution in [-0.4, -0.2) is 64.7 Å². The number of aliphatic hydroxyl groups excluding tert-OH is 1. The smallest absolute Gasteiger partial charge is 0.163 e. The number of piperidine rings is 1. The summed E-state index contributed by atoms with van der Waals surface area (Å²) in [6.07, 6.45) is 1.35. The second kappa shape index (κ2) is 11.8. The summed E-state index contributed by atoms with van der Waals surface area (Å²) in [5, 5.41) is 24.9. The van der Waals surface area contributed by atoms with Crippen molar-refractivity contribution in [1.29, 1.82) is 0 Å². The van der Waals surface area contributed by atoms with Gasteiger partial charge in [0.25, 0.3) is 0 Å². The summed E-state index contributed by atoms with van der Waals surface area (Å²) >= 11 is 6.65. The van der Waals surface area contributed by atoms with E-state index in [0.29, 0.717) is 46.5 Å². The largest absolute Gasteiger partial charge is 0.491 e. The van der Waals surface area contributed by atoms with Crippen molar-refractivity contribution in [2.75, 3.05) is 25.5 Å². The molecule has 1 aliphatic rings. The summed E-state index contributed by atoms with van der Waals surface area (Å²) < 4.78 is 11.3. The molecule has 4 N–H and O–H groups in total. The Balaban J connectivity index is 1.76. The number of halogens is 1. The normalized spacial score (nSPS) is 20.6. The van der Waals surface area contributed by atoms with Gasteiger partial charge in [-0.15, -0.1) is 0 Å². The zero-order chi connectivity index (χ0) is 26.7. The topological polar surface area (TPSA) is 117 Å². The third-order valence-electron chi connectivity index (χ3n) is 6.66. The number of nitrogens with zero attached hydrogens (tertiary/aromatic N) is 3. The molecule has 3 heterocycles. The zero-order valence-corrected chi connectivity index (χ0v) is 23.1. The maximum atomic E-state index is 10.0. The molecule has 1 aliphatic heterocycles. The van der Waals surface area contributed by atoms with E-state index in [-0.39, 0.29) is 12.6 Å². The van der Waals surface area contributed by atoms with Crippen LogP contribution in [0.25, 0.3) is 22.6 Å². The van der Waals surface area contributed by atoms with Gasteiger partial charge in [-0.3, -0.25) is 0 Å². The van der Waals surface area contributed by atoms with Crippen LogP contribution in [0.4, 0.5) is 5.82 Å². The van der Waals surface area contributed by atoms with E-state index in [0.717, 1.165) is 41.2 Å². The summed E-state index contributed by atoms with van der Waals surface area (Å²) in [6.45, 7) is 10.8. The number of hydrogen-bond acceptors (Lipinski definition) is 9. The van der Waals surface area contributed by atoms with Crippen LogP contribution in [0, 0.1) is 20.8 Å². The highest BCUT2D eigenvalue weighted by Crippen LogP contribution is 2.36. The number of aryl methyl sites for hydroxylation is 2. The van der Waals surface area contributed by atoms with Crippen molar-refractivity contribution in [2.24, 2.45) is 0 Å². The Kier molecular flexibility index (Phi) is 8.69. The molecule has 0 amide bonds. The first-order chi connectivity index (χ1) is 17.7. The molecular formula is C27H37ClN6O3. The summed E-state index contributed by atoms with van der Waals surface area (Å²) in [7, 11) is 1.78. The van der Waals surface area contributed by atoms with E-state index in [1.807, 2.05) is 26.8 Å². The molecule has 0 spiro atoms. The second-order valence-electron chi connectivity index (χ2n) is 10.0. The van der Waals surface area contributed by atoms with Gasteiger partial charge in [-0.25, -0.2) is 9.97 Å². The van der Waals surface area contributed by atoms with Gasteiger partial charge in [-0.2, -0.15) is 0 Å². The third-order valence-corrected chi connectivity index (χ3v) is 6.99. The monoisotopic (exact) mass is 528 g/mol. The highest BCUT2D eigenvalue weighted by molar-refractivity contribution is 6.33. The minimum absolute atomic E-state index is 0.153. The van der Waals surface area contributed by atoms with Crippen LogP contribution < -0.4 is 20.7 Å². The Labute approximate surface area is 223 Å². The van der Waals surface area contributed by atoms with Crippen LogP contribution in [0.5, 0.6) is 5.75 Å².